The van der Waals surface area contributed by atoms with E-state index in [0.29, 0.717) is 44.2 Å². The molecule has 0 unspecified atom stereocenters. The second-order valence-corrected chi connectivity index (χ2v) is 12.0. The van der Waals surface area contributed by atoms with Gasteiger partial charge in [0.05, 0.1) is 22.4 Å². The molecule has 5 aromatic rings. The third-order valence-electron chi connectivity index (χ3n) is 8.38. The minimum absolute atomic E-state index is 0.0949. The van der Waals surface area contributed by atoms with Crippen LogP contribution < -0.4 is 14.8 Å². The highest BCUT2D eigenvalue weighted by molar-refractivity contribution is 6.34. The third-order valence-corrected chi connectivity index (χ3v) is 8.73. The third kappa shape index (κ3) is 7.21. The lowest BCUT2D eigenvalue weighted by molar-refractivity contribution is -0.0498. The number of alkyl halides is 2. The van der Waals surface area contributed by atoms with Crippen LogP contribution in [-0.4, -0.2) is 64.0 Å². The molecule has 1 N–H and O–H groups in total. The number of fused-ring (bicyclic) bond motifs is 1. The van der Waals surface area contributed by atoms with E-state index in [2.05, 4.69) is 19.9 Å². The van der Waals surface area contributed by atoms with Gasteiger partial charge in [-0.3, -0.25) is 14.5 Å². The van der Waals surface area contributed by atoms with Crippen LogP contribution in [0.2, 0.25) is 5.02 Å². The number of ether oxygens (including phenoxy) is 2. The molecule has 2 aromatic heterocycles. The van der Waals surface area contributed by atoms with Crippen LogP contribution in [0.4, 0.5) is 27.6 Å². The Balaban J connectivity index is 1.07. The van der Waals surface area contributed by atoms with Crippen LogP contribution in [-0.2, 0) is 13.6 Å². The van der Waals surface area contributed by atoms with E-state index in [-0.39, 0.29) is 23.2 Å². The van der Waals surface area contributed by atoms with Crippen molar-refractivity contribution in [2.45, 2.75) is 20.1 Å². The molecule has 1 fully saturated rings. The van der Waals surface area contributed by atoms with Crippen molar-refractivity contribution in [1.82, 2.24) is 19.4 Å². The molecule has 1 aliphatic heterocycles. The fourth-order valence-corrected chi connectivity index (χ4v) is 5.96. The minimum Gasteiger partial charge on any atom is -0.439 e. The molecule has 2 amide bonds. The molecule has 0 atom stereocenters. The highest BCUT2D eigenvalue weighted by Gasteiger charge is 2.27. The van der Waals surface area contributed by atoms with Crippen LogP contribution in [0.1, 0.15) is 32.0 Å². The second kappa shape index (κ2) is 14.3. The minimum atomic E-state index is -2.87. The van der Waals surface area contributed by atoms with E-state index >= 15 is 0 Å². The van der Waals surface area contributed by atoms with Crippen molar-refractivity contribution < 1.29 is 41.0 Å². The van der Waals surface area contributed by atoms with E-state index in [0.717, 1.165) is 23.4 Å². The van der Waals surface area contributed by atoms with Gasteiger partial charge in [0.15, 0.2) is 11.6 Å². The lowest BCUT2D eigenvalue weighted by Gasteiger charge is -2.34. The van der Waals surface area contributed by atoms with Gasteiger partial charge in [-0.2, -0.15) is 8.78 Å². The number of amides is 2. The van der Waals surface area contributed by atoms with E-state index in [4.69, 9.17) is 16.3 Å². The summed E-state index contributed by atoms with van der Waals surface area (Å²) in [5, 5.41) is 2.30. The first-order valence-corrected chi connectivity index (χ1v) is 15.7. The molecule has 6 rings (SSSR count). The number of carbonyl (C=O) groups is 2. The molecule has 1 aliphatic rings. The van der Waals surface area contributed by atoms with Crippen molar-refractivity contribution in [3.05, 3.63) is 112 Å². The molecule has 3 heterocycles. The molecule has 0 radical (unpaired) electrons. The quantitative estimate of drug-likeness (QED) is 0.125. The number of aromatic nitrogens is 2. The van der Waals surface area contributed by atoms with E-state index in [9.17, 15) is 31.5 Å². The summed E-state index contributed by atoms with van der Waals surface area (Å²) in [6.07, 6.45) is 1.22. The Kier molecular flexibility index (Phi) is 9.93. The average molecular weight is 714 g/mol. The van der Waals surface area contributed by atoms with Gasteiger partial charge in [-0.15, -0.1) is 0 Å². The molecule has 1 saturated heterocycles. The first kappa shape index (κ1) is 34.6. The smallest absolute Gasteiger partial charge is 0.387 e. The predicted octanol–water partition coefficient (Wildman–Crippen LogP) is 7.56. The van der Waals surface area contributed by atoms with Crippen LogP contribution in [0.15, 0.2) is 66.9 Å². The number of pyridine rings is 1. The summed E-state index contributed by atoms with van der Waals surface area (Å²) in [6.45, 7) is 1.08. The van der Waals surface area contributed by atoms with Crippen molar-refractivity contribution in [2.75, 3.05) is 31.5 Å². The van der Waals surface area contributed by atoms with Gasteiger partial charge in [-0.05, 0) is 48.9 Å². The number of anilines is 1. The van der Waals surface area contributed by atoms with Crippen LogP contribution in [0.5, 0.6) is 17.4 Å². The number of nitrogens with zero attached hydrogens (tertiary/aromatic N) is 4. The lowest BCUT2D eigenvalue weighted by atomic mass is 10.1. The van der Waals surface area contributed by atoms with Gasteiger partial charge in [0.25, 0.3) is 11.8 Å². The Labute approximate surface area is 287 Å². The van der Waals surface area contributed by atoms with Gasteiger partial charge in [0.1, 0.15) is 28.6 Å². The van der Waals surface area contributed by atoms with E-state index in [1.54, 1.807) is 40.8 Å². The number of benzene rings is 3. The Morgan fingerprint density at radius 1 is 0.920 bits per heavy atom. The predicted molar refractivity (Wildman–Crippen MR) is 176 cm³/mol. The number of halogens is 6. The van der Waals surface area contributed by atoms with Gasteiger partial charge in [-0.25, -0.2) is 18.2 Å². The Morgan fingerprint density at radius 3 is 2.28 bits per heavy atom. The zero-order valence-corrected chi connectivity index (χ0v) is 27.4. The van der Waals surface area contributed by atoms with Gasteiger partial charge in [-0.1, -0.05) is 23.7 Å². The molecular formula is C35H29ClF5N5O4. The lowest BCUT2D eigenvalue weighted by Crippen LogP contribution is -2.48. The molecule has 0 spiro atoms. The van der Waals surface area contributed by atoms with Crippen molar-refractivity contribution in [2.24, 2.45) is 7.05 Å². The molecule has 50 heavy (non-hydrogen) atoms. The zero-order valence-electron chi connectivity index (χ0n) is 26.7. The van der Waals surface area contributed by atoms with E-state index in [1.807, 2.05) is 12.1 Å². The maximum Gasteiger partial charge on any atom is 0.387 e. The SMILES string of the molecule is Cc1c(F)c(F)c(C(=O)Nc2ccc(Oc3ccc4cc(C(=O)N5CCN(Cc6ccc(OC(F)F)cc6)CC5)n(C)c4c3)nc2)c(Cl)c1F. The van der Waals surface area contributed by atoms with Gasteiger partial charge in [0, 0.05) is 62.9 Å². The summed E-state index contributed by atoms with van der Waals surface area (Å²) < 4.78 is 79.5. The first-order chi connectivity index (χ1) is 23.9. The van der Waals surface area contributed by atoms with Crippen LogP contribution >= 0.6 is 11.6 Å². The normalized spacial score (nSPS) is 13.6. The number of hydrogen-bond donors (Lipinski definition) is 1. The molecule has 9 nitrogen and oxygen atoms in total. The molecule has 0 saturated carbocycles. The number of carbonyl (C=O) groups excluding carboxylic acids is 2. The maximum absolute atomic E-state index is 14.4. The Bertz CT molecular complexity index is 2040. The van der Waals surface area contributed by atoms with Crippen molar-refractivity contribution >= 4 is 40.0 Å². The Morgan fingerprint density at radius 2 is 1.62 bits per heavy atom. The summed E-state index contributed by atoms with van der Waals surface area (Å²) in [7, 11) is 1.79. The highest BCUT2D eigenvalue weighted by atomic mass is 35.5. The van der Waals surface area contributed by atoms with Crippen LogP contribution in [0, 0.1) is 24.4 Å². The number of aryl methyl sites for hydroxylation is 1. The van der Waals surface area contributed by atoms with Gasteiger partial charge in [0.2, 0.25) is 5.88 Å². The van der Waals surface area contributed by atoms with Gasteiger partial charge < -0.3 is 24.3 Å². The molecule has 3 aromatic carbocycles. The van der Waals surface area contributed by atoms with Gasteiger partial charge >= 0.3 is 6.61 Å². The van der Waals surface area contributed by atoms with Crippen LogP contribution in [0.25, 0.3) is 10.9 Å². The average Bonchev–Trinajstić information content (AvgIpc) is 3.43. The largest absolute Gasteiger partial charge is 0.439 e. The summed E-state index contributed by atoms with van der Waals surface area (Å²) >= 11 is 5.79. The maximum atomic E-state index is 14.4. The second-order valence-electron chi connectivity index (χ2n) is 11.6. The number of nitrogens with one attached hydrogen (secondary N) is 1. The van der Waals surface area contributed by atoms with Crippen molar-refractivity contribution in [1.29, 1.82) is 0 Å². The molecular weight excluding hydrogens is 685 g/mol. The number of hydrogen-bond acceptors (Lipinski definition) is 6. The highest BCUT2D eigenvalue weighted by Crippen LogP contribution is 2.31. The monoisotopic (exact) mass is 713 g/mol. The number of rotatable bonds is 9. The first-order valence-electron chi connectivity index (χ1n) is 15.3. The molecule has 260 valence electrons. The van der Waals surface area contributed by atoms with Crippen molar-refractivity contribution in [3.63, 3.8) is 0 Å². The number of piperazine rings is 1. The van der Waals surface area contributed by atoms with Crippen LogP contribution in [0.3, 0.4) is 0 Å². The van der Waals surface area contributed by atoms with Crippen molar-refractivity contribution in [3.8, 4) is 17.4 Å². The van der Waals surface area contributed by atoms with E-state index < -0.39 is 46.1 Å². The topological polar surface area (TPSA) is 88.9 Å². The summed E-state index contributed by atoms with van der Waals surface area (Å²) in [6, 6.07) is 16.4. The Hall–Kier alpha value is -5.21. The molecule has 15 heteroatoms. The zero-order chi connectivity index (χ0) is 35.7. The molecule has 0 bridgehead atoms. The van der Waals surface area contributed by atoms with E-state index in [1.165, 1.54) is 30.5 Å². The summed E-state index contributed by atoms with van der Waals surface area (Å²) in [5.74, 6) is -4.90. The molecule has 0 aliphatic carbocycles. The summed E-state index contributed by atoms with van der Waals surface area (Å²) in [5.41, 5.74) is 0.690. The standard InChI is InChI=1S/C35H29ClF5N5O4/c1-19-30(37)29(36)28(32(39)31(19)38)33(47)43-22-6-10-27(42-17-22)49-24-9-5-21-15-26(44(2)25(21)16-24)34(48)46-13-11-45(12-14-46)18-20-3-7-23(8-4-20)50-35(40)41/h3-10,15-17,35H,11-14,18H2,1-2H3,(H,43,47). The summed E-state index contributed by atoms with van der Waals surface area (Å²) in [4.78, 5) is 34.2. The fraction of sp³-hybridized carbons (Fsp3) is 0.229. The fourth-order valence-electron chi connectivity index (χ4n) is 5.65.